The van der Waals surface area contributed by atoms with E-state index in [4.69, 9.17) is 5.84 Å². The number of nitrogens with zero attached hydrogens (tertiary/aromatic N) is 3. The van der Waals surface area contributed by atoms with Crippen molar-refractivity contribution in [1.29, 1.82) is 0 Å². The number of nitrogen functional groups attached to an aromatic ring is 1. The second-order valence-corrected chi connectivity index (χ2v) is 6.99. The third-order valence-corrected chi connectivity index (χ3v) is 4.66. The van der Waals surface area contributed by atoms with E-state index in [-0.39, 0.29) is 16.8 Å². The molecule has 8 nitrogen and oxygen atoms in total. The maximum Gasteiger partial charge on any atom is 0.244 e. The van der Waals surface area contributed by atoms with Gasteiger partial charge >= 0.3 is 0 Å². The van der Waals surface area contributed by atoms with Gasteiger partial charge in [0.25, 0.3) is 0 Å². The molecule has 4 N–H and O–H groups in total. The lowest BCUT2D eigenvalue weighted by molar-refractivity contribution is 0.494. The van der Waals surface area contributed by atoms with Gasteiger partial charge in [0.2, 0.25) is 10.0 Å². The molecular weight excluding hydrogens is 360 g/mol. The highest BCUT2D eigenvalue weighted by Gasteiger charge is 2.22. The number of nitrogens with two attached hydrogens (primary N) is 1. The van der Waals surface area contributed by atoms with E-state index in [1.54, 1.807) is 30.1 Å². The van der Waals surface area contributed by atoms with Crippen LogP contribution < -0.4 is 16.0 Å². The lowest BCUT2D eigenvalue weighted by atomic mass is 10.4. The first-order chi connectivity index (χ1) is 9.92. The van der Waals surface area contributed by atoms with Gasteiger partial charge < -0.3 is 5.43 Å². The first-order valence-corrected chi connectivity index (χ1v) is 8.32. The van der Waals surface area contributed by atoms with Gasteiger partial charge in [0.15, 0.2) is 5.82 Å². The highest BCUT2D eigenvalue weighted by molar-refractivity contribution is 9.10. The van der Waals surface area contributed by atoms with Gasteiger partial charge in [-0.15, -0.1) is 0 Å². The molecule has 2 heterocycles. The van der Waals surface area contributed by atoms with Crippen molar-refractivity contribution < 1.29 is 8.42 Å². The number of hydrogen-bond donors (Lipinski definition) is 3. The van der Waals surface area contributed by atoms with E-state index in [9.17, 15) is 8.42 Å². The van der Waals surface area contributed by atoms with Crippen LogP contribution in [0.1, 0.15) is 6.92 Å². The molecule has 2 rings (SSSR count). The maximum absolute atomic E-state index is 12.4. The molecule has 2 aromatic heterocycles. The van der Waals surface area contributed by atoms with Crippen LogP contribution in [0.3, 0.4) is 0 Å². The van der Waals surface area contributed by atoms with Crippen molar-refractivity contribution in [3.8, 4) is 0 Å². The number of nitrogens with one attached hydrogen (secondary N) is 2. The van der Waals surface area contributed by atoms with Crippen LogP contribution in [-0.2, 0) is 16.6 Å². The van der Waals surface area contributed by atoms with Gasteiger partial charge in [0.05, 0.1) is 6.54 Å². The summed E-state index contributed by atoms with van der Waals surface area (Å²) in [6, 6.07) is 2.86. The van der Waals surface area contributed by atoms with Gasteiger partial charge in [-0.1, -0.05) is 0 Å². The van der Waals surface area contributed by atoms with Crippen LogP contribution in [0.25, 0.3) is 0 Å². The normalized spacial score (nSPS) is 13.1. The molecule has 0 saturated carbocycles. The molecular formula is C11H15BrN6O2S. The Kier molecular flexibility index (Phi) is 4.93. The Bertz CT molecular complexity index is 704. The molecule has 0 bridgehead atoms. The minimum atomic E-state index is -3.75. The Balaban J connectivity index is 2.20. The summed E-state index contributed by atoms with van der Waals surface area (Å²) in [5.41, 5.74) is 2.28. The third-order valence-electron chi connectivity index (χ3n) is 2.62. The first-order valence-electron chi connectivity index (χ1n) is 6.04. The molecule has 0 radical (unpaired) electrons. The molecule has 0 aliphatic heterocycles. The smallest absolute Gasteiger partial charge is 0.244 e. The maximum atomic E-state index is 12.4. The molecule has 2 aromatic rings. The van der Waals surface area contributed by atoms with Crippen molar-refractivity contribution in [3.05, 3.63) is 35.2 Å². The lowest BCUT2D eigenvalue weighted by Gasteiger charge is -2.16. The zero-order chi connectivity index (χ0) is 15.5. The predicted molar refractivity (Wildman–Crippen MR) is 81.8 cm³/mol. The Labute approximate surface area is 130 Å². The number of pyridine rings is 1. The van der Waals surface area contributed by atoms with Crippen LogP contribution in [0.15, 0.2) is 40.1 Å². The van der Waals surface area contributed by atoms with Gasteiger partial charge in [-0.05, 0) is 35.0 Å². The van der Waals surface area contributed by atoms with E-state index >= 15 is 0 Å². The fourth-order valence-electron chi connectivity index (χ4n) is 1.79. The lowest BCUT2D eigenvalue weighted by Crippen LogP contribution is -2.36. The average Bonchev–Trinajstić information content (AvgIpc) is 2.90. The predicted octanol–water partition coefficient (Wildman–Crippen LogP) is 0.693. The number of halogens is 1. The van der Waals surface area contributed by atoms with Crippen molar-refractivity contribution in [2.24, 2.45) is 5.84 Å². The highest BCUT2D eigenvalue weighted by atomic mass is 79.9. The first kappa shape index (κ1) is 15.9. The molecule has 0 aliphatic carbocycles. The fraction of sp³-hybridized carbons (Fsp3) is 0.273. The van der Waals surface area contributed by atoms with Gasteiger partial charge in [0, 0.05) is 29.1 Å². The summed E-state index contributed by atoms with van der Waals surface area (Å²) in [7, 11) is -3.75. The van der Waals surface area contributed by atoms with E-state index in [1.807, 2.05) is 0 Å². The molecule has 0 amide bonds. The molecule has 0 saturated heterocycles. The standard InChI is InChI=1S/C11H15BrN6O2S/c1-8(7-18-4-2-3-15-18)17-21(19,20)10-5-9(12)6-14-11(10)16-13/h2-6,8,17H,7,13H2,1H3,(H,14,16). The number of hydrazine groups is 1. The largest absolute Gasteiger partial charge is 0.307 e. The van der Waals surface area contributed by atoms with E-state index in [0.717, 1.165) is 0 Å². The van der Waals surface area contributed by atoms with Gasteiger partial charge in [0.1, 0.15) is 4.90 Å². The number of sulfonamides is 1. The van der Waals surface area contributed by atoms with Crippen molar-refractivity contribution in [1.82, 2.24) is 19.5 Å². The topological polar surface area (TPSA) is 115 Å². The number of aromatic nitrogens is 3. The van der Waals surface area contributed by atoms with Crippen LogP contribution in [0, 0.1) is 0 Å². The minimum absolute atomic E-state index is 0.0216. The monoisotopic (exact) mass is 374 g/mol. The summed E-state index contributed by atoms with van der Waals surface area (Å²) in [5, 5.41) is 4.04. The van der Waals surface area contributed by atoms with Crippen molar-refractivity contribution in [2.75, 3.05) is 5.43 Å². The molecule has 0 aromatic carbocycles. The highest BCUT2D eigenvalue weighted by Crippen LogP contribution is 2.22. The van der Waals surface area contributed by atoms with Crippen molar-refractivity contribution in [3.63, 3.8) is 0 Å². The van der Waals surface area contributed by atoms with Gasteiger partial charge in [-0.3, -0.25) is 4.68 Å². The summed E-state index contributed by atoms with van der Waals surface area (Å²) in [4.78, 5) is 3.90. The van der Waals surface area contributed by atoms with Crippen LogP contribution in [-0.4, -0.2) is 29.2 Å². The fourth-order valence-corrected chi connectivity index (χ4v) is 3.65. The number of rotatable bonds is 6. The SMILES string of the molecule is CC(Cn1cccn1)NS(=O)(=O)c1cc(Br)cnc1NN. The summed E-state index contributed by atoms with van der Waals surface area (Å²) in [6.45, 7) is 2.17. The summed E-state index contributed by atoms with van der Waals surface area (Å²) in [6.07, 6.45) is 4.86. The van der Waals surface area contributed by atoms with E-state index in [1.165, 1.54) is 12.3 Å². The molecule has 21 heavy (non-hydrogen) atoms. The Morgan fingerprint density at radius 3 is 2.90 bits per heavy atom. The van der Waals surface area contributed by atoms with Crippen LogP contribution in [0.4, 0.5) is 5.82 Å². The van der Waals surface area contributed by atoms with Gasteiger partial charge in [-0.25, -0.2) is 24.0 Å². The Hall–Kier alpha value is -1.49. The van der Waals surface area contributed by atoms with Crippen LogP contribution >= 0.6 is 15.9 Å². The molecule has 1 unspecified atom stereocenters. The summed E-state index contributed by atoms with van der Waals surface area (Å²) in [5.74, 6) is 5.38. The molecule has 0 spiro atoms. The van der Waals surface area contributed by atoms with E-state index in [2.05, 4.69) is 36.2 Å². The van der Waals surface area contributed by atoms with E-state index in [0.29, 0.717) is 11.0 Å². The van der Waals surface area contributed by atoms with Gasteiger partial charge in [-0.2, -0.15) is 5.10 Å². The molecule has 10 heteroatoms. The van der Waals surface area contributed by atoms with Crippen molar-refractivity contribution in [2.45, 2.75) is 24.4 Å². The quantitative estimate of drug-likeness (QED) is 0.506. The van der Waals surface area contributed by atoms with Crippen LogP contribution in [0.5, 0.6) is 0 Å². The number of hydrogen-bond acceptors (Lipinski definition) is 6. The molecule has 0 fully saturated rings. The van der Waals surface area contributed by atoms with Crippen LogP contribution in [0.2, 0.25) is 0 Å². The molecule has 114 valence electrons. The summed E-state index contributed by atoms with van der Waals surface area (Å²) >= 11 is 3.20. The summed E-state index contributed by atoms with van der Waals surface area (Å²) < 4.78 is 29.6. The second kappa shape index (κ2) is 6.52. The van der Waals surface area contributed by atoms with E-state index < -0.39 is 10.0 Å². The molecule has 1 atom stereocenters. The minimum Gasteiger partial charge on any atom is -0.307 e. The Morgan fingerprint density at radius 2 is 2.29 bits per heavy atom. The number of anilines is 1. The molecule has 0 aliphatic rings. The second-order valence-electron chi connectivity index (χ2n) is 4.40. The average molecular weight is 375 g/mol. The third kappa shape index (κ3) is 4.00. The van der Waals surface area contributed by atoms with Crippen molar-refractivity contribution >= 4 is 31.8 Å². The zero-order valence-electron chi connectivity index (χ0n) is 11.2. The Morgan fingerprint density at radius 1 is 1.52 bits per heavy atom. The zero-order valence-corrected chi connectivity index (χ0v) is 13.6.